The highest BCUT2D eigenvalue weighted by molar-refractivity contribution is 5.72. The number of alkyl halides is 2. The van der Waals surface area contributed by atoms with E-state index in [2.05, 4.69) is 5.32 Å². The minimum absolute atomic E-state index is 0.174. The summed E-state index contributed by atoms with van der Waals surface area (Å²) < 4.78 is 28.6. The highest BCUT2D eigenvalue weighted by Crippen LogP contribution is 2.38. The lowest BCUT2D eigenvalue weighted by molar-refractivity contribution is -0.191. The molecule has 1 rings (SSSR count). The molecule has 0 spiro atoms. The third kappa shape index (κ3) is 4.19. The highest BCUT2D eigenvalue weighted by atomic mass is 19.3. The molecule has 1 aliphatic carbocycles. The summed E-state index contributed by atoms with van der Waals surface area (Å²) in [5, 5.41) is 2.57. The van der Waals surface area contributed by atoms with Gasteiger partial charge in [0.2, 0.25) is 5.91 Å². The van der Waals surface area contributed by atoms with Crippen LogP contribution in [-0.2, 0) is 4.79 Å². The fourth-order valence-corrected chi connectivity index (χ4v) is 2.59. The second-order valence-electron chi connectivity index (χ2n) is 4.99. The van der Waals surface area contributed by atoms with Crippen molar-refractivity contribution in [3.05, 3.63) is 0 Å². The molecular weight excluding hydrogens is 238 g/mol. The predicted octanol–water partition coefficient (Wildman–Crippen LogP) is 2.62. The number of carbonyl (C=O) groups is 1. The lowest BCUT2D eigenvalue weighted by atomic mass is 9.87. The van der Waals surface area contributed by atoms with Gasteiger partial charge in [-0.05, 0) is 12.8 Å². The van der Waals surface area contributed by atoms with Gasteiger partial charge in [0.25, 0.3) is 0 Å². The fraction of sp³-hybridized carbons (Fsp3) is 0.923. The van der Waals surface area contributed by atoms with E-state index in [1.165, 1.54) is 11.8 Å². The molecule has 1 aliphatic rings. The molecule has 0 heterocycles. The van der Waals surface area contributed by atoms with Crippen LogP contribution in [0.3, 0.4) is 0 Å². The van der Waals surface area contributed by atoms with Gasteiger partial charge in [-0.1, -0.05) is 26.2 Å². The number of hydrogen-bond acceptors (Lipinski definition) is 2. The van der Waals surface area contributed by atoms with E-state index in [1.54, 1.807) is 6.92 Å². The Labute approximate surface area is 108 Å². The molecule has 0 unspecified atom stereocenters. The third-order valence-electron chi connectivity index (χ3n) is 3.66. The van der Waals surface area contributed by atoms with Gasteiger partial charge in [0.1, 0.15) is 0 Å². The van der Waals surface area contributed by atoms with Gasteiger partial charge in [0.05, 0.1) is 0 Å². The molecule has 0 saturated heterocycles. The Hall–Kier alpha value is -0.710. The lowest BCUT2D eigenvalue weighted by Gasteiger charge is -2.37. The van der Waals surface area contributed by atoms with Crippen molar-refractivity contribution in [1.82, 2.24) is 10.2 Å². The predicted molar refractivity (Wildman–Crippen MR) is 67.5 cm³/mol. The van der Waals surface area contributed by atoms with Crippen molar-refractivity contribution >= 4 is 5.91 Å². The molecule has 0 atom stereocenters. The molecule has 0 radical (unpaired) electrons. The average Bonchev–Trinajstić information content (AvgIpc) is 2.35. The van der Waals surface area contributed by atoms with E-state index in [4.69, 9.17) is 0 Å². The molecule has 1 fully saturated rings. The number of carbonyl (C=O) groups excluding carboxylic acids is 1. The Balaban J connectivity index is 2.51. The zero-order valence-electron chi connectivity index (χ0n) is 11.3. The monoisotopic (exact) mass is 262 g/mol. The van der Waals surface area contributed by atoms with Crippen molar-refractivity contribution in [2.45, 2.75) is 52.0 Å². The Morgan fingerprint density at radius 1 is 1.33 bits per heavy atom. The first-order valence-corrected chi connectivity index (χ1v) is 6.85. The molecule has 0 aliphatic heterocycles. The Morgan fingerprint density at radius 3 is 2.44 bits per heavy atom. The first-order chi connectivity index (χ1) is 8.48. The second-order valence-corrected chi connectivity index (χ2v) is 4.99. The van der Waals surface area contributed by atoms with Crippen molar-refractivity contribution < 1.29 is 13.6 Å². The van der Waals surface area contributed by atoms with E-state index in [1.807, 2.05) is 0 Å². The second kappa shape index (κ2) is 7.02. The number of likely N-dealkylation sites (N-methyl/N-ethyl adjacent to an activating group) is 1. The van der Waals surface area contributed by atoms with Crippen LogP contribution in [0, 0.1) is 5.92 Å². The summed E-state index contributed by atoms with van der Waals surface area (Å²) in [7, 11) is 0. The zero-order valence-corrected chi connectivity index (χ0v) is 11.3. The minimum Gasteiger partial charge on any atom is -0.355 e. The summed E-state index contributed by atoms with van der Waals surface area (Å²) in [6.07, 6.45) is 4.12. The van der Waals surface area contributed by atoms with Gasteiger partial charge in [0.15, 0.2) is 0 Å². The van der Waals surface area contributed by atoms with E-state index >= 15 is 0 Å². The third-order valence-corrected chi connectivity index (χ3v) is 3.66. The van der Waals surface area contributed by atoms with Crippen LogP contribution in [0.25, 0.3) is 0 Å². The van der Waals surface area contributed by atoms with Gasteiger partial charge >= 0.3 is 6.05 Å². The normalized spacial score (nSPS) is 18.1. The quantitative estimate of drug-likeness (QED) is 0.746. The van der Waals surface area contributed by atoms with E-state index in [-0.39, 0.29) is 19.0 Å². The lowest BCUT2D eigenvalue weighted by Crippen LogP contribution is -2.50. The summed E-state index contributed by atoms with van der Waals surface area (Å²) in [6.45, 7) is 3.94. The van der Waals surface area contributed by atoms with E-state index in [0.717, 1.165) is 19.3 Å². The average molecular weight is 262 g/mol. The Morgan fingerprint density at radius 2 is 1.94 bits per heavy atom. The van der Waals surface area contributed by atoms with Crippen molar-refractivity contribution in [3.63, 3.8) is 0 Å². The number of hydrogen-bond donors (Lipinski definition) is 1. The largest absolute Gasteiger partial charge is 0.355 e. The molecule has 1 saturated carbocycles. The molecule has 3 nitrogen and oxygen atoms in total. The highest BCUT2D eigenvalue weighted by Gasteiger charge is 2.44. The molecule has 5 heteroatoms. The zero-order chi connectivity index (χ0) is 13.6. The maximum absolute atomic E-state index is 14.3. The van der Waals surface area contributed by atoms with Crippen molar-refractivity contribution in [2.75, 3.05) is 19.6 Å². The molecule has 0 aromatic rings. The number of amides is 1. The van der Waals surface area contributed by atoms with E-state index < -0.39 is 12.0 Å². The SMILES string of the molecule is CCN(CCNC(C)=O)C(F)(F)C1CCCCC1. The fourth-order valence-electron chi connectivity index (χ4n) is 2.59. The smallest absolute Gasteiger partial charge is 0.307 e. The van der Waals surface area contributed by atoms with Crippen LogP contribution in [0.4, 0.5) is 8.78 Å². The summed E-state index contributed by atoms with van der Waals surface area (Å²) >= 11 is 0. The first-order valence-electron chi connectivity index (χ1n) is 6.85. The van der Waals surface area contributed by atoms with Crippen molar-refractivity contribution in [3.8, 4) is 0 Å². The van der Waals surface area contributed by atoms with Gasteiger partial charge in [0, 0.05) is 32.5 Å². The molecule has 0 aromatic carbocycles. The summed E-state index contributed by atoms with van der Waals surface area (Å²) in [6, 6.07) is -2.74. The molecule has 18 heavy (non-hydrogen) atoms. The number of nitrogens with one attached hydrogen (secondary N) is 1. The molecule has 1 amide bonds. The minimum atomic E-state index is -2.74. The summed E-state index contributed by atoms with van der Waals surface area (Å²) in [4.78, 5) is 11.9. The van der Waals surface area contributed by atoms with Crippen LogP contribution in [0.2, 0.25) is 0 Å². The van der Waals surface area contributed by atoms with E-state index in [0.29, 0.717) is 19.4 Å². The van der Waals surface area contributed by atoms with Crippen molar-refractivity contribution in [1.29, 1.82) is 0 Å². The van der Waals surface area contributed by atoms with Crippen LogP contribution in [0.5, 0.6) is 0 Å². The molecule has 0 bridgehead atoms. The van der Waals surface area contributed by atoms with Gasteiger partial charge in [-0.25, -0.2) is 4.90 Å². The molecule has 1 N–H and O–H groups in total. The Kier molecular flexibility index (Phi) is 5.99. The van der Waals surface area contributed by atoms with Gasteiger partial charge in [-0.15, -0.1) is 0 Å². The van der Waals surface area contributed by atoms with Gasteiger partial charge < -0.3 is 5.32 Å². The summed E-state index contributed by atoms with van der Waals surface area (Å²) in [5.74, 6) is -0.699. The van der Waals surface area contributed by atoms with Crippen LogP contribution in [0.1, 0.15) is 46.0 Å². The number of nitrogens with zero attached hydrogens (tertiary/aromatic N) is 1. The number of rotatable bonds is 6. The van der Waals surface area contributed by atoms with Gasteiger partial charge in [-0.3, -0.25) is 4.79 Å². The topological polar surface area (TPSA) is 32.3 Å². The number of halogens is 2. The van der Waals surface area contributed by atoms with Crippen LogP contribution in [-0.4, -0.2) is 36.5 Å². The summed E-state index contributed by atoms with van der Waals surface area (Å²) in [5.41, 5.74) is 0. The van der Waals surface area contributed by atoms with Crippen LogP contribution < -0.4 is 5.32 Å². The maximum Gasteiger partial charge on any atom is 0.307 e. The first kappa shape index (κ1) is 15.3. The molecule has 0 aromatic heterocycles. The van der Waals surface area contributed by atoms with Gasteiger partial charge in [-0.2, -0.15) is 8.78 Å². The molecular formula is C13H24F2N2O. The van der Waals surface area contributed by atoms with Crippen LogP contribution in [0.15, 0.2) is 0 Å². The standard InChI is InChI=1S/C13H24F2N2O/c1-3-17(10-9-16-11(2)18)13(14,15)12-7-5-4-6-8-12/h12H,3-10H2,1-2H3,(H,16,18). The van der Waals surface area contributed by atoms with E-state index in [9.17, 15) is 13.6 Å². The van der Waals surface area contributed by atoms with Crippen LogP contribution >= 0.6 is 0 Å². The Bertz CT molecular complexity index is 266. The van der Waals surface area contributed by atoms with Crippen molar-refractivity contribution in [2.24, 2.45) is 5.92 Å². The molecule has 106 valence electrons. The maximum atomic E-state index is 14.3.